The Morgan fingerprint density at radius 1 is 0.500 bits per heavy atom. The molecule has 54 heavy (non-hydrogen) atoms. The van der Waals surface area contributed by atoms with E-state index in [4.69, 9.17) is 23.7 Å². The van der Waals surface area contributed by atoms with E-state index in [0.29, 0.717) is 32.7 Å². The molecule has 0 aromatic heterocycles. The molecule has 0 aliphatic carbocycles. The molecule has 0 bridgehead atoms. The Morgan fingerprint density at radius 3 is 1.57 bits per heavy atom. The molecular formula is C46H87NO7. The van der Waals surface area contributed by atoms with Gasteiger partial charge >= 0.3 is 12.1 Å². The van der Waals surface area contributed by atoms with E-state index in [-0.39, 0.29) is 12.7 Å². The molecule has 8 heteroatoms. The van der Waals surface area contributed by atoms with E-state index in [1.165, 1.54) is 89.9 Å². The zero-order chi connectivity index (χ0) is 39.6. The molecule has 0 N–H and O–H groups in total. The van der Waals surface area contributed by atoms with Gasteiger partial charge in [0.1, 0.15) is 6.10 Å². The van der Waals surface area contributed by atoms with Crippen LogP contribution >= 0.6 is 0 Å². The Morgan fingerprint density at radius 2 is 0.981 bits per heavy atom. The van der Waals surface area contributed by atoms with Crippen LogP contribution in [0.15, 0.2) is 24.3 Å². The lowest BCUT2D eigenvalue weighted by molar-refractivity contribution is -0.196. The van der Waals surface area contributed by atoms with Gasteiger partial charge in [-0.25, -0.2) is 9.59 Å². The average molecular weight is 766 g/mol. The van der Waals surface area contributed by atoms with Crippen molar-refractivity contribution in [2.24, 2.45) is 0 Å². The van der Waals surface area contributed by atoms with Crippen LogP contribution in [0.3, 0.4) is 0 Å². The fourth-order valence-electron chi connectivity index (χ4n) is 6.30. The van der Waals surface area contributed by atoms with E-state index in [1.807, 2.05) is 0 Å². The van der Waals surface area contributed by atoms with Crippen LogP contribution in [-0.2, 0) is 28.5 Å². The van der Waals surface area contributed by atoms with Crippen molar-refractivity contribution < 1.29 is 33.3 Å². The van der Waals surface area contributed by atoms with Gasteiger partial charge in [-0.3, -0.25) is 0 Å². The molecule has 0 aliphatic rings. The Kier molecular flexibility index (Phi) is 40.8. The molecule has 0 heterocycles. The highest BCUT2D eigenvalue weighted by molar-refractivity contribution is 5.73. The van der Waals surface area contributed by atoms with Crippen molar-refractivity contribution in [1.29, 1.82) is 0 Å². The highest BCUT2D eigenvalue weighted by Gasteiger charge is 2.22. The molecule has 0 fully saturated rings. The maximum atomic E-state index is 13.0. The third-order valence-electron chi connectivity index (χ3n) is 9.86. The highest BCUT2D eigenvalue weighted by Crippen LogP contribution is 2.17. The first-order chi connectivity index (χ1) is 26.5. The maximum absolute atomic E-state index is 13.0. The zero-order valence-electron chi connectivity index (χ0n) is 36.1. The fourth-order valence-corrected chi connectivity index (χ4v) is 6.30. The van der Waals surface area contributed by atoms with Crippen molar-refractivity contribution in [2.75, 3.05) is 46.1 Å². The molecular weight excluding hydrogens is 679 g/mol. The van der Waals surface area contributed by atoms with Gasteiger partial charge in [0, 0.05) is 6.54 Å². The van der Waals surface area contributed by atoms with Gasteiger partial charge in [0.05, 0.1) is 26.4 Å². The summed E-state index contributed by atoms with van der Waals surface area (Å²) in [5, 5.41) is 0. The predicted molar refractivity (Wildman–Crippen MR) is 226 cm³/mol. The molecule has 0 aromatic carbocycles. The monoisotopic (exact) mass is 766 g/mol. The van der Waals surface area contributed by atoms with Crippen LogP contribution in [0.2, 0.25) is 0 Å². The van der Waals surface area contributed by atoms with E-state index >= 15 is 0 Å². The summed E-state index contributed by atoms with van der Waals surface area (Å²) in [5.41, 5.74) is 0. The van der Waals surface area contributed by atoms with Gasteiger partial charge in [0.15, 0.2) is 0 Å². The van der Waals surface area contributed by atoms with E-state index in [2.05, 4.69) is 63.8 Å². The number of carbonyl (C=O) groups excluding carboxylic acids is 2. The molecule has 0 amide bonds. The van der Waals surface area contributed by atoms with E-state index in [0.717, 1.165) is 83.8 Å². The average Bonchev–Trinajstić information content (AvgIpc) is 3.17. The minimum absolute atomic E-state index is 0.234. The quantitative estimate of drug-likeness (QED) is 0.0263. The van der Waals surface area contributed by atoms with E-state index in [9.17, 15) is 9.59 Å². The van der Waals surface area contributed by atoms with Gasteiger partial charge in [-0.2, -0.15) is 0 Å². The molecule has 1 unspecified atom stereocenters. The summed E-state index contributed by atoms with van der Waals surface area (Å²) >= 11 is 0. The second-order valence-electron chi connectivity index (χ2n) is 14.8. The van der Waals surface area contributed by atoms with Gasteiger partial charge in [-0.05, 0) is 90.1 Å². The van der Waals surface area contributed by atoms with Gasteiger partial charge in [0.25, 0.3) is 6.29 Å². The minimum atomic E-state index is -0.987. The first kappa shape index (κ1) is 52.1. The van der Waals surface area contributed by atoms with Gasteiger partial charge in [-0.1, -0.05) is 149 Å². The highest BCUT2D eigenvalue weighted by atomic mass is 16.7. The van der Waals surface area contributed by atoms with Gasteiger partial charge in [-0.15, -0.1) is 0 Å². The smallest absolute Gasteiger partial charge is 0.462 e. The molecule has 0 radical (unpaired) electrons. The lowest BCUT2D eigenvalue weighted by Gasteiger charge is -2.20. The molecule has 318 valence electrons. The molecule has 0 saturated heterocycles. The summed E-state index contributed by atoms with van der Waals surface area (Å²) in [6.07, 6.45) is 35.6. The van der Waals surface area contributed by atoms with E-state index < -0.39 is 18.4 Å². The van der Waals surface area contributed by atoms with Crippen LogP contribution in [0.25, 0.3) is 0 Å². The predicted octanol–water partition coefficient (Wildman–Crippen LogP) is 13.1. The first-order valence-electron chi connectivity index (χ1n) is 22.8. The van der Waals surface area contributed by atoms with Crippen molar-refractivity contribution in [3.63, 3.8) is 0 Å². The molecule has 0 rings (SSSR count). The lowest BCUT2D eigenvalue weighted by Crippen LogP contribution is -2.31. The molecule has 8 nitrogen and oxygen atoms in total. The number of esters is 1. The second-order valence-corrected chi connectivity index (χ2v) is 14.8. The van der Waals surface area contributed by atoms with Crippen LogP contribution in [0.5, 0.6) is 0 Å². The third kappa shape index (κ3) is 35.8. The van der Waals surface area contributed by atoms with Crippen LogP contribution in [0, 0.1) is 0 Å². The largest absolute Gasteiger partial charge is 0.508 e. The number of hydrogen-bond donors (Lipinski definition) is 0. The number of hydrogen-bond acceptors (Lipinski definition) is 8. The van der Waals surface area contributed by atoms with Crippen LogP contribution in [0.4, 0.5) is 4.79 Å². The van der Waals surface area contributed by atoms with E-state index in [1.54, 1.807) is 0 Å². The van der Waals surface area contributed by atoms with Crippen molar-refractivity contribution in [3.05, 3.63) is 24.3 Å². The van der Waals surface area contributed by atoms with Crippen molar-refractivity contribution in [3.8, 4) is 0 Å². The molecule has 0 aliphatic heterocycles. The Balaban J connectivity index is 4.71. The Bertz CT molecular complexity index is 844. The fraction of sp³-hybridized carbons (Fsp3) is 0.870. The minimum Gasteiger partial charge on any atom is -0.462 e. The van der Waals surface area contributed by atoms with Gasteiger partial charge < -0.3 is 28.6 Å². The Hall–Kier alpha value is -1.90. The molecule has 0 aromatic rings. The summed E-state index contributed by atoms with van der Waals surface area (Å²) in [7, 11) is 0. The van der Waals surface area contributed by atoms with Crippen LogP contribution in [0.1, 0.15) is 202 Å². The number of allylic oxidation sites excluding steroid dienone is 4. The topological polar surface area (TPSA) is 83.5 Å². The Labute approximate surface area is 333 Å². The maximum Gasteiger partial charge on any atom is 0.508 e. The standard InChI is InChI=1S/C46H87NO7/c1-6-11-14-17-18-19-20-21-22-23-24-25-26-27-28-31-36-43(54-46(49)53-42-35-38-47(9-4)10-5)37-34-41-50-44(48)45(51-39-32-29-15-12-7-2)52-40-33-30-16-13-8-3/h18-19,21-22,43,45H,6-17,20,23-42H2,1-5H3. The number of ether oxygens (including phenoxy) is 5. The summed E-state index contributed by atoms with van der Waals surface area (Å²) in [5.74, 6) is -0.465. The van der Waals surface area contributed by atoms with Crippen molar-refractivity contribution >= 4 is 12.1 Å². The second kappa shape index (κ2) is 42.2. The van der Waals surface area contributed by atoms with Gasteiger partial charge in [0.2, 0.25) is 0 Å². The number of nitrogens with zero attached hydrogens (tertiary/aromatic N) is 1. The number of unbranched alkanes of at least 4 members (excludes halogenated alkanes) is 17. The zero-order valence-corrected chi connectivity index (χ0v) is 36.1. The lowest BCUT2D eigenvalue weighted by atomic mass is 10.0. The normalized spacial score (nSPS) is 12.4. The SMILES string of the molecule is CCCCCC=CCC=CCCCCCCCCC(CCCOC(=O)C(OCCCCCCC)OCCCCCCC)OC(=O)OCCCN(CC)CC. The third-order valence-corrected chi connectivity index (χ3v) is 9.86. The molecule has 0 saturated carbocycles. The van der Waals surface area contributed by atoms with Crippen molar-refractivity contribution in [2.45, 2.75) is 214 Å². The summed E-state index contributed by atoms with van der Waals surface area (Å²) in [6.45, 7) is 15.3. The number of rotatable bonds is 41. The summed E-state index contributed by atoms with van der Waals surface area (Å²) in [4.78, 5) is 27.9. The van der Waals surface area contributed by atoms with Crippen LogP contribution < -0.4 is 0 Å². The van der Waals surface area contributed by atoms with Crippen molar-refractivity contribution in [1.82, 2.24) is 4.90 Å². The first-order valence-corrected chi connectivity index (χ1v) is 22.8. The summed E-state index contributed by atoms with van der Waals surface area (Å²) < 4.78 is 28.6. The summed E-state index contributed by atoms with van der Waals surface area (Å²) in [6, 6.07) is 0. The molecule has 1 atom stereocenters. The van der Waals surface area contributed by atoms with Crippen LogP contribution in [-0.4, -0.2) is 75.5 Å². The molecule has 0 spiro atoms. The number of carbonyl (C=O) groups is 2.